The van der Waals surface area contributed by atoms with Crippen molar-refractivity contribution in [2.24, 2.45) is 0 Å². The van der Waals surface area contributed by atoms with Crippen LogP contribution in [0, 0.1) is 0 Å². The van der Waals surface area contributed by atoms with Crippen LogP contribution in [0.2, 0.25) is 0 Å². The number of phenols is 1. The maximum atomic E-state index is 9.40. The molecule has 1 atom stereocenters. The summed E-state index contributed by atoms with van der Waals surface area (Å²) in [6.07, 6.45) is 3.37. The molecular weight excluding hydrogens is 282 g/mol. The van der Waals surface area contributed by atoms with Gasteiger partial charge in [-0.25, -0.2) is 9.97 Å². The molecule has 0 radical (unpaired) electrons. The number of rotatable bonds is 3. The van der Waals surface area contributed by atoms with Crippen LogP contribution in [0.4, 0.5) is 5.95 Å². The second-order valence-electron chi connectivity index (χ2n) is 3.69. The highest BCUT2D eigenvalue weighted by molar-refractivity contribution is 9.10. The molecule has 1 heterocycles. The van der Waals surface area contributed by atoms with Gasteiger partial charge in [0.1, 0.15) is 5.75 Å². The van der Waals surface area contributed by atoms with E-state index in [1.165, 1.54) is 0 Å². The molecule has 0 bridgehead atoms. The molecule has 0 spiro atoms. The molecule has 2 rings (SSSR count). The van der Waals surface area contributed by atoms with Crippen LogP contribution in [0.3, 0.4) is 0 Å². The topological polar surface area (TPSA) is 58.0 Å². The molecule has 88 valence electrons. The standard InChI is InChI=1S/C12H12BrN3O/c1-8(9-3-2-4-11(17)5-9)16-12-14-6-10(13)7-15-12/h2-8,17H,1H3,(H,14,15,16)/t8-/m1/s1. The molecule has 2 aromatic rings. The lowest BCUT2D eigenvalue weighted by Crippen LogP contribution is -2.08. The smallest absolute Gasteiger partial charge is 0.223 e. The second-order valence-corrected chi connectivity index (χ2v) is 4.60. The molecule has 4 nitrogen and oxygen atoms in total. The van der Waals surface area contributed by atoms with E-state index in [0.717, 1.165) is 10.0 Å². The summed E-state index contributed by atoms with van der Waals surface area (Å²) < 4.78 is 0.841. The molecule has 0 aliphatic heterocycles. The summed E-state index contributed by atoms with van der Waals surface area (Å²) in [5.74, 6) is 0.817. The molecular formula is C12H12BrN3O. The van der Waals surface area contributed by atoms with E-state index in [4.69, 9.17) is 0 Å². The normalized spacial score (nSPS) is 12.1. The minimum atomic E-state index is 0.0308. The van der Waals surface area contributed by atoms with E-state index in [1.807, 2.05) is 19.1 Å². The zero-order valence-electron chi connectivity index (χ0n) is 9.26. The molecule has 0 saturated heterocycles. The minimum absolute atomic E-state index is 0.0308. The average Bonchev–Trinajstić information content (AvgIpc) is 2.32. The van der Waals surface area contributed by atoms with E-state index in [1.54, 1.807) is 24.5 Å². The number of benzene rings is 1. The maximum Gasteiger partial charge on any atom is 0.223 e. The van der Waals surface area contributed by atoms with Gasteiger partial charge in [-0.2, -0.15) is 0 Å². The fraction of sp³-hybridized carbons (Fsp3) is 0.167. The van der Waals surface area contributed by atoms with Crippen LogP contribution in [-0.2, 0) is 0 Å². The third-order valence-corrected chi connectivity index (χ3v) is 2.75. The third-order valence-electron chi connectivity index (χ3n) is 2.34. The zero-order chi connectivity index (χ0) is 12.3. The predicted molar refractivity (Wildman–Crippen MR) is 69.9 cm³/mol. The Bertz CT molecular complexity index is 501. The van der Waals surface area contributed by atoms with Gasteiger partial charge in [0, 0.05) is 12.4 Å². The van der Waals surface area contributed by atoms with Crippen LogP contribution in [0.5, 0.6) is 5.75 Å². The van der Waals surface area contributed by atoms with Gasteiger partial charge >= 0.3 is 0 Å². The first-order chi connectivity index (χ1) is 8.15. The molecule has 1 aromatic carbocycles. The number of nitrogens with zero attached hydrogens (tertiary/aromatic N) is 2. The summed E-state index contributed by atoms with van der Waals surface area (Å²) in [6.45, 7) is 1.99. The van der Waals surface area contributed by atoms with Crippen LogP contribution >= 0.6 is 15.9 Å². The highest BCUT2D eigenvalue weighted by Gasteiger charge is 2.07. The monoisotopic (exact) mass is 293 g/mol. The summed E-state index contributed by atoms with van der Waals surface area (Å²) in [5, 5.41) is 12.6. The van der Waals surface area contributed by atoms with Crippen molar-refractivity contribution in [3.63, 3.8) is 0 Å². The van der Waals surface area contributed by atoms with Crippen LogP contribution in [0.1, 0.15) is 18.5 Å². The Balaban J connectivity index is 2.11. The van der Waals surface area contributed by atoms with Gasteiger partial charge in [0.2, 0.25) is 5.95 Å². The van der Waals surface area contributed by atoms with E-state index < -0.39 is 0 Å². The third kappa shape index (κ3) is 3.17. The highest BCUT2D eigenvalue weighted by atomic mass is 79.9. The van der Waals surface area contributed by atoms with Crippen molar-refractivity contribution in [3.8, 4) is 5.75 Å². The molecule has 0 saturated carbocycles. The van der Waals surface area contributed by atoms with Gasteiger partial charge in [-0.3, -0.25) is 0 Å². The lowest BCUT2D eigenvalue weighted by atomic mass is 10.1. The Morgan fingerprint density at radius 3 is 2.65 bits per heavy atom. The van der Waals surface area contributed by atoms with Crippen LogP contribution in [0.25, 0.3) is 0 Å². The molecule has 5 heteroatoms. The first-order valence-electron chi connectivity index (χ1n) is 5.18. The maximum absolute atomic E-state index is 9.40. The van der Waals surface area contributed by atoms with Crippen LogP contribution in [0.15, 0.2) is 41.1 Å². The first-order valence-corrected chi connectivity index (χ1v) is 5.97. The van der Waals surface area contributed by atoms with Crippen molar-refractivity contribution in [1.29, 1.82) is 0 Å². The van der Waals surface area contributed by atoms with Gasteiger partial charge in [0.25, 0.3) is 0 Å². The molecule has 0 amide bonds. The van der Waals surface area contributed by atoms with Crippen molar-refractivity contribution in [1.82, 2.24) is 9.97 Å². The Morgan fingerprint density at radius 1 is 1.29 bits per heavy atom. The Labute approximate surface area is 108 Å². The summed E-state index contributed by atoms with van der Waals surface area (Å²) in [6, 6.07) is 7.15. The van der Waals surface area contributed by atoms with Gasteiger partial charge in [0.05, 0.1) is 10.5 Å². The number of nitrogens with one attached hydrogen (secondary N) is 1. The Morgan fingerprint density at radius 2 is 2.00 bits per heavy atom. The van der Waals surface area contributed by atoms with Crippen molar-refractivity contribution in [2.45, 2.75) is 13.0 Å². The van der Waals surface area contributed by atoms with E-state index in [0.29, 0.717) is 5.95 Å². The molecule has 0 aliphatic carbocycles. The van der Waals surface area contributed by atoms with E-state index in [9.17, 15) is 5.11 Å². The number of aromatic nitrogens is 2. The fourth-order valence-corrected chi connectivity index (χ4v) is 1.66. The van der Waals surface area contributed by atoms with Crippen molar-refractivity contribution in [2.75, 3.05) is 5.32 Å². The Kier molecular flexibility index (Phi) is 3.58. The van der Waals surface area contributed by atoms with Gasteiger partial charge < -0.3 is 10.4 Å². The van der Waals surface area contributed by atoms with Gasteiger partial charge in [0.15, 0.2) is 0 Å². The predicted octanol–water partition coefficient (Wildman–Crippen LogP) is 3.12. The first kappa shape index (κ1) is 11.9. The highest BCUT2D eigenvalue weighted by Crippen LogP contribution is 2.20. The molecule has 0 aliphatic rings. The largest absolute Gasteiger partial charge is 0.508 e. The molecule has 1 aromatic heterocycles. The number of halogens is 1. The minimum Gasteiger partial charge on any atom is -0.508 e. The van der Waals surface area contributed by atoms with Gasteiger partial charge in [-0.15, -0.1) is 0 Å². The summed E-state index contributed by atoms with van der Waals surface area (Å²) in [7, 11) is 0. The zero-order valence-corrected chi connectivity index (χ0v) is 10.8. The fourth-order valence-electron chi connectivity index (χ4n) is 1.46. The Hall–Kier alpha value is -1.62. The number of hydrogen-bond acceptors (Lipinski definition) is 4. The quantitative estimate of drug-likeness (QED) is 0.913. The molecule has 0 fully saturated rings. The number of anilines is 1. The average molecular weight is 294 g/mol. The number of hydrogen-bond donors (Lipinski definition) is 2. The molecule has 2 N–H and O–H groups in total. The lowest BCUT2D eigenvalue weighted by Gasteiger charge is -2.14. The summed E-state index contributed by atoms with van der Waals surface area (Å²) >= 11 is 3.28. The van der Waals surface area contributed by atoms with E-state index in [2.05, 4.69) is 31.2 Å². The molecule has 0 unspecified atom stereocenters. The second kappa shape index (κ2) is 5.14. The van der Waals surface area contributed by atoms with Crippen LogP contribution < -0.4 is 5.32 Å². The SMILES string of the molecule is C[C@@H](Nc1ncc(Br)cn1)c1cccc(O)c1. The van der Waals surface area contributed by atoms with E-state index >= 15 is 0 Å². The van der Waals surface area contributed by atoms with E-state index in [-0.39, 0.29) is 11.8 Å². The number of phenolic OH excluding ortho intramolecular Hbond substituents is 1. The lowest BCUT2D eigenvalue weighted by molar-refractivity contribution is 0.474. The van der Waals surface area contributed by atoms with Gasteiger partial charge in [-0.1, -0.05) is 12.1 Å². The summed E-state index contributed by atoms with van der Waals surface area (Å²) in [4.78, 5) is 8.27. The van der Waals surface area contributed by atoms with Crippen molar-refractivity contribution in [3.05, 3.63) is 46.7 Å². The number of aromatic hydroxyl groups is 1. The molecule has 17 heavy (non-hydrogen) atoms. The van der Waals surface area contributed by atoms with Crippen LogP contribution in [-0.4, -0.2) is 15.1 Å². The van der Waals surface area contributed by atoms with Gasteiger partial charge in [-0.05, 0) is 40.5 Å². The summed E-state index contributed by atoms with van der Waals surface area (Å²) in [5.41, 5.74) is 0.983. The van der Waals surface area contributed by atoms with Crippen molar-refractivity contribution >= 4 is 21.9 Å². The van der Waals surface area contributed by atoms with Crippen molar-refractivity contribution < 1.29 is 5.11 Å².